The first-order valence-electron chi connectivity index (χ1n) is 8.63. The van der Waals surface area contributed by atoms with Gasteiger partial charge in [-0.3, -0.25) is 9.59 Å². The Bertz CT molecular complexity index is 975. The van der Waals surface area contributed by atoms with Crippen LogP contribution >= 0.6 is 0 Å². The lowest BCUT2D eigenvalue weighted by atomic mass is 9.69. The molecule has 0 bridgehead atoms. The van der Waals surface area contributed by atoms with Crippen molar-refractivity contribution in [1.82, 2.24) is 0 Å². The molecule has 0 radical (unpaired) electrons. The Kier molecular flexibility index (Phi) is 3.89. The van der Waals surface area contributed by atoms with Crippen molar-refractivity contribution in [2.24, 2.45) is 0 Å². The third kappa shape index (κ3) is 2.26. The van der Waals surface area contributed by atoms with Crippen molar-refractivity contribution in [2.45, 2.75) is 12.3 Å². The molecule has 0 unspecified atom stereocenters. The summed E-state index contributed by atoms with van der Waals surface area (Å²) >= 11 is 0. The fourth-order valence-electron chi connectivity index (χ4n) is 3.95. The molecule has 2 nitrogen and oxygen atoms in total. The van der Waals surface area contributed by atoms with Crippen LogP contribution in [0.2, 0.25) is 0 Å². The molecule has 0 aromatic heterocycles. The number of fused-ring (bicyclic) bond motifs is 1. The Hall–Kier alpha value is -3.26. The standard InChI is InChI=1S/C24H18O2/c1-17(25)16-21-20-14-8-9-15-22(20)24(23(21)26,18-10-4-2-5-11-18)19-12-6-3-7-13-19/h2-16H,1H3/b21-16+. The molecular formula is C24H18O2. The second-order valence-electron chi connectivity index (χ2n) is 6.53. The summed E-state index contributed by atoms with van der Waals surface area (Å²) in [5.41, 5.74) is 3.14. The molecule has 1 aliphatic carbocycles. The Morgan fingerprint density at radius 3 is 1.81 bits per heavy atom. The van der Waals surface area contributed by atoms with Gasteiger partial charge in [0.15, 0.2) is 11.6 Å². The topological polar surface area (TPSA) is 34.1 Å². The zero-order valence-electron chi connectivity index (χ0n) is 14.5. The highest BCUT2D eigenvalue weighted by molar-refractivity contribution is 6.34. The molecule has 0 N–H and O–H groups in total. The zero-order valence-corrected chi connectivity index (χ0v) is 14.5. The molecule has 4 rings (SSSR count). The predicted octanol–water partition coefficient (Wildman–Crippen LogP) is 4.58. The molecule has 3 aromatic carbocycles. The third-order valence-corrected chi connectivity index (χ3v) is 4.97. The minimum absolute atomic E-state index is 0.0497. The fraction of sp³-hybridized carbons (Fsp3) is 0.0833. The van der Waals surface area contributed by atoms with Gasteiger partial charge in [0, 0.05) is 5.57 Å². The van der Waals surface area contributed by atoms with E-state index in [1.165, 1.54) is 13.0 Å². The van der Waals surface area contributed by atoms with E-state index in [0.717, 1.165) is 22.3 Å². The summed E-state index contributed by atoms with van der Waals surface area (Å²) in [7, 11) is 0. The van der Waals surface area contributed by atoms with Gasteiger partial charge < -0.3 is 0 Å². The summed E-state index contributed by atoms with van der Waals surface area (Å²) in [5, 5.41) is 0. The molecule has 0 amide bonds. The van der Waals surface area contributed by atoms with Gasteiger partial charge in [-0.15, -0.1) is 0 Å². The van der Waals surface area contributed by atoms with Crippen LogP contribution in [-0.2, 0) is 15.0 Å². The van der Waals surface area contributed by atoms with Crippen molar-refractivity contribution in [3.8, 4) is 0 Å². The number of ketones is 2. The van der Waals surface area contributed by atoms with Gasteiger partial charge in [0.25, 0.3) is 0 Å². The number of benzene rings is 3. The third-order valence-electron chi connectivity index (χ3n) is 4.97. The van der Waals surface area contributed by atoms with Crippen molar-refractivity contribution in [2.75, 3.05) is 0 Å². The van der Waals surface area contributed by atoms with Crippen molar-refractivity contribution in [3.05, 3.63) is 113 Å². The zero-order chi connectivity index (χ0) is 18.1. The lowest BCUT2D eigenvalue weighted by molar-refractivity contribution is -0.116. The lowest BCUT2D eigenvalue weighted by Crippen LogP contribution is -2.34. The van der Waals surface area contributed by atoms with E-state index in [4.69, 9.17) is 0 Å². The minimum atomic E-state index is -0.930. The Balaban J connectivity index is 2.13. The summed E-state index contributed by atoms with van der Waals surface area (Å²) in [4.78, 5) is 25.6. The molecule has 126 valence electrons. The van der Waals surface area contributed by atoms with Crippen molar-refractivity contribution < 1.29 is 9.59 Å². The van der Waals surface area contributed by atoms with Crippen molar-refractivity contribution >= 4 is 17.1 Å². The maximum absolute atomic E-state index is 13.8. The van der Waals surface area contributed by atoms with Gasteiger partial charge >= 0.3 is 0 Å². The molecule has 0 spiro atoms. The number of rotatable bonds is 3. The number of carbonyl (C=O) groups excluding carboxylic acids is 2. The van der Waals surface area contributed by atoms with Gasteiger partial charge in [-0.05, 0) is 35.3 Å². The average molecular weight is 338 g/mol. The molecule has 0 aliphatic heterocycles. The van der Waals surface area contributed by atoms with E-state index in [1.54, 1.807) is 0 Å². The Labute approximate surface area is 152 Å². The number of Topliss-reactive ketones (excluding diaryl/α,β-unsaturated/α-hetero) is 1. The molecule has 0 saturated carbocycles. The summed E-state index contributed by atoms with van der Waals surface area (Å²) in [6.07, 6.45) is 1.47. The molecule has 2 heteroatoms. The molecule has 26 heavy (non-hydrogen) atoms. The Morgan fingerprint density at radius 1 is 0.769 bits per heavy atom. The molecule has 0 fully saturated rings. The highest BCUT2D eigenvalue weighted by Gasteiger charge is 2.51. The second-order valence-corrected chi connectivity index (χ2v) is 6.53. The summed E-state index contributed by atoms with van der Waals surface area (Å²) in [6.45, 7) is 1.48. The first-order chi connectivity index (χ1) is 12.7. The van der Waals surface area contributed by atoms with Crippen LogP contribution in [0.1, 0.15) is 29.2 Å². The largest absolute Gasteiger partial charge is 0.295 e. The van der Waals surface area contributed by atoms with Crippen LogP contribution in [0, 0.1) is 0 Å². The van der Waals surface area contributed by atoms with Gasteiger partial charge in [-0.1, -0.05) is 84.9 Å². The molecule has 3 aromatic rings. The van der Waals surface area contributed by atoms with Crippen LogP contribution < -0.4 is 0 Å². The van der Waals surface area contributed by atoms with Gasteiger partial charge in [0.05, 0.1) is 0 Å². The maximum atomic E-state index is 13.8. The predicted molar refractivity (Wildman–Crippen MR) is 103 cm³/mol. The van der Waals surface area contributed by atoms with Crippen LogP contribution in [0.4, 0.5) is 0 Å². The molecular weight excluding hydrogens is 320 g/mol. The quantitative estimate of drug-likeness (QED) is 0.655. The van der Waals surface area contributed by atoms with Crippen molar-refractivity contribution in [3.63, 3.8) is 0 Å². The molecule has 1 aliphatic rings. The van der Waals surface area contributed by atoms with E-state index in [2.05, 4.69) is 0 Å². The summed E-state index contributed by atoms with van der Waals surface area (Å²) < 4.78 is 0. The second kappa shape index (κ2) is 6.23. The van der Waals surface area contributed by atoms with E-state index < -0.39 is 5.41 Å². The highest BCUT2D eigenvalue weighted by Crippen LogP contribution is 2.50. The normalized spacial score (nSPS) is 16.5. The van der Waals surface area contributed by atoms with Crippen LogP contribution in [0.25, 0.3) is 5.57 Å². The van der Waals surface area contributed by atoms with E-state index >= 15 is 0 Å². The van der Waals surface area contributed by atoms with Crippen molar-refractivity contribution in [1.29, 1.82) is 0 Å². The van der Waals surface area contributed by atoms with Gasteiger partial charge in [-0.2, -0.15) is 0 Å². The van der Waals surface area contributed by atoms with Gasteiger partial charge in [0.1, 0.15) is 5.41 Å². The average Bonchev–Trinajstić information content (AvgIpc) is 2.92. The number of carbonyl (C=O) groups is 2. The maximum Gasteiger partial charge on any atom is 0.182 e. The highest BCUT2D eigenvalue weighted by atomic mass is 16.1. The molecule has 0 heterocycles. The van der Waals surface area contributed by atoms with E-state index in [1.807, 2.05) is 84.9 Å². The van der Waals surface area contributed by atoms with Crippen LogP contribution in [0.15, 0.2) is 91.0 Å². The van der Waals surface area contributed by atoms with Crippen LogP contribution in [-0.4, -0.2) is 11.6 Å². The van der Waals surface area contributed by atoms with Gasteiger partial charge in [0.2, 0.25) is 0 Å². The minimum Gasteiger partial charge on any atom is -0.295 e. The number of allylic oxidation sites excluding steroid dienone is 2. The smallest absolute Gasteiger partial charge is 0.182 e. The SMILES string of the molecule is CC(=O)/C=C1/C(=O)C(c2ccccc2)(c2ccccc2)c2ccccc21. The van der Waals surface area contributed by atoms with E-state index in [-0.39, 0.29) is 11.6 Å². The Morgan fingerprint density at radius 2 is 1.27 bits per heavy atom. The fourth-order valence-corrected chi connectivity index (χ4v) is 3.95. The summed E-state index contributed by atoms with van der Waals surface area (Å²) in [5.74, 6) is -0.175. The first kappa shape index (κ1) is 16.2. The van der Waals surface area contributed by atoms with E-state index in [0.29, 0.717) is 5.57 Å². The lowest BCUT2D eigenvalue weighted by Gasteiger charge is -2.30. The van der Waals surface area contributed by atoms with Gasteiger partial charge in [-0.25, -0.2) is 0 Å². The van der Waals surface area contributed by atoms with Crippen LogP contribution in [0.5, 0.6) is 0 Å². The van der Waals surface area contributed by atoms with E-state index in [9.17, 15) is 9.59 Å². The molecule has 0 atom stereocenters. The van der Waals surface area contributed by atoms with Crippen LogP contribution in [0.3, 0.4) is 0 Å². The number of hydrogen-bond donors (Lipinski definition) is 0. The number of hydrogen-bond acceptors (Lipinski definition) is 2. The molecule has 0 saturated heterocycles. The monoisotopic (exact) mass is 338 g/mol. The summed E-state index contributed by atoms with van der Waals surface area (Å²) in [6, 6.07) is 27.4. The first-order valence-corrected chi connectivity index (χ1v) is 8.63.